The summed E-state index contributed by atoms with van der Waals surface area (Å²) in [4.78, 5) is 26.2. The summed E-state index contributed by atoms with van der Waals surface area (Å²) in [5.74, 6) is 0.506. The summed E-state index contributed by atoms with van der Waals surface area (Å²) in [7, 11) is -0.649. The van der Waals surface area contributed by atoms with E-state index in [1.54, 1.807) is 26.8 Å². The highest BCUT2D eigenvalue weighted by Gasteiger charge is 2.31. The zero-order chi connectivity index (χ0) is 34.6. The zero-order valence-electron chi connectivity index (χ0n) is 28.8. The van der Waals surface area contributed by atoms with Gasteiger partial charge in [0.1, 0.15) is 11.4 Å². The highest BCUT2D eigenvalue weighted by molar-refractivity contribution is 7.87. The molecular formula is C36H50N4O7S. The first-order chi connectivity index (χ1) is 22.7. The normalized spacial score (nSPS) is 17.4. The third-order valence-electron chi connectivity index (χ3n) is 9.39. The van der Waals surface area contributed by atoms with Crippen LogP contribution in [0.4, 0.5) is 4.79 Å². The number of nitrogens with zero attached hydrogens (tertiary/aromatic N) is 3. The van der Waals surface area contributed by atoms with E-state index in [1.807, 2.05) is 42.1 Å². The summed E-state index contributed by atoms with van der Waals surface area (Å²) < 4.78 is 42.2. The second-order valence-electron chi connectivity index (χ2n) is 14.3. The predicted molar refractivity (Wildman–Crippen MR) is 187 cm³/mol. The first kappa shape index (κ1) is 35.7. The van der Waals surface area contributed by atoms with Crippen LogP contribution in [0.15, 0.2) is 42.5 Å². The number of hydrogen-bond acceptors (Lipinski definition) is 7. The molecule has 2 N–H and O–H groups in total. The van der Waals surface area contributed by atoms with Crippen molar-refractivity contribution >= 4 is 33.2 Å². The molecule has 1 aliphatic heterocycles. The lowest BCUT2D eigenvalue weighted by Gasteiger charge is -2.28. The maximum absolute atomic E-state index is 12.6. The molecule has 12 heteroatoms. The van der Waals surface area contributed by atoms with Crippen molar-refractivity contribution in [3.05, 3.63) is 53.6 Å². The molecule has 1 fully saturated rings. The standard InChI is InChI=1S/C36H50N4O7S/c1-36(2,3)47-35(43)37-48(44,45)39(5)21-20-38(4)19-11-12-25-23-40-30-22-27(34(41)42)17-18-28(30)32(26-13-7-6-8-14-26)33(40)29-15-9-10-16-31(29)46-24-25/h9-10,15-18,22,25-26H,6-8,11-14,19-21,23-24H2,1-5H3,(H,37,43)(H,41,42)/t25-/m1/s1. The number of amides is 1. The van der Waals surface area contributed by atoms with E-state index in [-0.39, 0.29) is 18.0 Å². The van der Waals surface area contributed by atoms with Crippen LogP contribution in [0.3, 0.4) is 0 Å². The zero-order valence-corrected chi connectivity index (χ0v) is 29.6. The first-order valence-electron chi connectivity index (χ1n) is 17.0. The molecule has 0 spiro atoms. The fourth-order valence-corrected chi connectivity index (χ4v) is 7.68. The maximum Gasteiger partial charge on any atom is 0.422 e. The van der Waals surface area contributed by atoms with E-state index in [4.69, 9.17) is 9.47 Å². The van der Waals surface area contributed by atoms with Gasteiger partial charge in [0.25, 0.3) is 0 Å². The molecule has 1 amide bonds. The predicted octanol–water partition coefficient (Wildman–Crippen LogP) is 6.48. The van der Waals surface area contributed by atoms with Crippen LogP contribution >= 0.6 is 0 Å². The molecule has 2 heterocycles. The average Bonchev–Trinajstić information content (AvgIpc) is 3.33. The van der Waals surface area contributed by atoms with E-state index >= 15 is 0 Å². The van der Waals surface area contributed by atoms with E-state index in [9.17, 15) is 23.1 Å². The van der Waals surface area contributed by atoms with Gasteiger partial charge in [-0.2, -0.15) is 12.7 Å². The Morgan fingerprint density at radius 2 is 1.77 bits per heavy atom. The molecule has 262 valence electrons. The Balaban J connectivity index is 1.31. The molecule has 1 atom stereocenters. The highest BCUT2D eigenvalue weighted by atomic mass is 32.2. The Labute approximate surface area is 284 Å². The van der Waals surface area contributed by atoms with Crippen molar-refractivity contribution in [1.29, 1.82) is 0 Å². The quantitative estimate of drug-likeness (QED) is 0.235. The number of carboxylic acid groups (broad SMARTS) is 1. The summed E-state index contributed by atoms with van der Waals surface area (Å²) in [5.41, 5.74) is 3.98. The smallest absolute Gasteiger partial charge is 0.422 e. The van der Waals surface area contributed by atoms with Crippen molar-refractivity contribution in [2.24, 2.45) is 5.92 Å². The number of hydrogen-bond donors (Lipinski definition) is 2. The van der Waals surface area contributed by atoms with Gasteiger partial charge in [0.2, 0.25) is 0 Å². The molecule has 11 nitrogen and oxygen atoms in total. The summed E-state index contributed by atoms with van der Waals surface area (Å²) in [6.07, 6.45) is 6.62. The number of likely N-dealkylation sites (N-methyl/N-ethyl adjacent to an activating group) is 2. The van der Waals surface area contributed by atoms with Gasteiger partial charge < -0.3 is 24.0 Å². The van der Waals surface area contributed by atoms with Crippen LogP contribution in [-0.4, -0.2) is 85.3 Å². The van der Waals surface area contributed by atoms with Crippen molar-refractivity contribution in [3.63, 3.8) is 0 Å². The molecule has 0 bridgehead atoms. The van der Waals surface area contributed by atoms with Crippen molar-refractivity contribution in [2.75, 3.05) is 40.3 Å². The lowest BCUT2D eigenvalue weighted by atomic mass is 9.81. The van der Waals surface area contributed by atoms with Gasteiger partial charge in [-0.05, 0) is 95.8 Å². The molecule has 48 heavy (non-hydrogen) atoms. The number of nitrogens with one attached hydrogen (secondary N) is 1. The van der Waals surface area contributed by atoms with Crippen LogP contribution in [0, 0.1) is 5.92 Å². The largest absolute Gasteiger partial charge is 0.493 e. The molecule has 2 aromatic carbocycles. The Kier molecular flexibility index (Phi) is 11.1. The van der Waals surface area contributed by atoms with Gasteiger partial charge in [-0.3, -0.25) is 0 Å². The summed E-state index contributed by atoms with van der Waals surface area (Å²) in [5, 5.41) is 11.0. The molecule has 0 unspecified atom stereocenters. The van der Waals surface area contributed by atoms with Crippen molar-refractivity contribution in [2.45, 2.75) is 83.8 Å². The van der Waals surface area contributed by atoms with Crippen LogP contribution in [-0.2, 0) is 21.5 Å². The second kappa shape index (κ2) is 14.9. The van der Waals surface area contributed by atoms with Gasteiger partial charge >= 0.3 is 22.3 Å². The number of fused-ring (bicyclic) bond motifs is 5. The van der Waals surface area contributed by atoms with Crippen LogP contribution < -0.4 is 9.46 Å². The maximum atomic E-state index is 12.6. The molecule has 1 aliphatic carbocycles. The number of ether oxygens (including phenoxy) is 2. The minimum absolute atomic E-state index is 0.176. The Morgan fingerprint density at radius 3 is 2.48 bits per heavy atom. The number of aromatic carboxylic acids is 1. The third kappa shape index (κ3) is 8.51. The molecule has 3 aromatic rings. The molecule has 2 aliphatic rings. The van der Waals surface area contributed by atoms with Crippen molar-refractivity contribution in [3.8, 4) is 17.0 Å². The Bertz CT molecular complexity index is 1720. The third-order valence-corrected chi connectivity index (χ3v) is 10.8. The fraction of sp³-hybridized carbons (Fsp3) is 0.556. The minimum Gasteiger partial charge on any atom is -0.493 e. The number of rotatable bonds is 11. The molecule has 5 rings (SSSR count). The van der Waals surface area contributed by atoms with E-state index in [1.165, 1.54) is 31.9 Å². The van der Waals surface area contributed by atoms with Crippen molar-refractivity contribution in [1.82, 2.24) is 18.5 Å². The van der Waals surface area contributed by atoms with Gasteiger partial charge in [-0.25, -0.2) is 14.3 Å². The number of carboxylic acids is 1. The van der Waals surface area contributed by atoms with E-state index < -0.39 is 27.9 Å². The van der Waals surface area contributed by atoms with Gasteiger partial charge in [-0.1, -0.05) is 37.5 Å². The molecule has 1 aromatic heterocycles. The lowest BCUT2D eigenvalue weighted by Crippen LogP contribution is -2.45. The Hall–Kier alpha value is -3.61. The van der Waals surface area contributed by atoms with E-state index in [2.05, 4.69) is 15.5 Å². The number of carbonyl (C=O) groups excluding carboxylic acids is 1. The molecule has 0 radical (unpaired) electrons. The second-order valence-corrected chi connectivity index (χ2v) is 16.1. The number of para-hydroxylation sites is 1. The lowest BCUT2D eigenvalue weighted by molar-refractivity contribution is 0.0566. The van der Waals surface area contributed by atoms with Gasteiger partial charge in [-0.15, -0.1) is 0 Å². The monoisotopic (exact) mass is 682 g/mol. The van der Waals surface area contributed by atoms with Gasteiger partial charge in [0.15, 0.2) is 0 Å². The van der Waals surface area contributed by atoms with Crippen LogP contribution in [0.25, 0.3) is 22.2 Å². The van der Waals surface area contributed by atoms with Gasteiger partial charge in [0.05, 0.1) is 17.9 Å². The Morgan fingerprint density at radius 1 is 1.04 bits per heavy atom. The number of carbonyl (C=O) groups is 2. The van der Waals surface area contributed by atoms with Crippen LogP contribution in [0.2, 0.25) is 0 Å². The fourth-order valence-electron chi connectivity index (χ4n) is 6.95. The van der Waals surface area contributed by atoms with E-state index in [0.29, 0.717) is 25.6 Å². The number of aromatic nitrogens is 1. The molecule has 1 saturated carbocycles. The van der Waals surface area contributed by atoms with E-state index in [0.717, 1.165) is 64.4 Å². The summed E-state index contributed by atoms with van der Waals surface area (Å²) in [6.45, 7) is 7.68. The first-order valence-corrected chi connectivity index (χ1v) is 18.4. The van der Waals surface area contributed by atoms with Crippen LogP contribution in [0.5, 0.6) is 5.75 Å². The van der Waals surface area contributed by atoms with Gasteiger partial charge in [0, 0.05) is 49.1 Å². The topological polar surface area (TPSA) is 130 Å². The number of benzene rings is 2. The van der Waals surface area contributed by atoms with Crippen molar-refractivity contribution < 1.29 is 32.6 Å². The summed E-state index contributed by atoms with van der Waals surface area (Å²) >= 11 is 0. The molecular weight excluding hydrogens is 632 g/mol. The average molecular weight is 683 g/mol. The summed E-state index contributed by atoms with van der Waals surface area (Å²) in [6, 6.07) is 13.8. The SMILES string of the molecule is CN(CCC[C@H]1COc2ccccc2-c2c(C3CCCCC3)c3ccc(C(=O)O)cc3n2C1)CCN(C)S(=O)(=O)NC(=O)OC(C)(C)C. The minimum atomic E-state index is -4.03. The molecule has 0 saturated heterocycles. The highest BCUT2D eigenvalue weighted by Crippen LogP contribution is 2.47. The van der Waals surface area contributed by atoms with Crippen LogP contribution in [0.1, 0.15) is 87.6 Å².